The summed E-state index contributed by atoms with van der Waals surface area (Å²) in [6.07, 6.45) is -0.0727. The fourth-order valence-electron chi connectivity index (χ4n) is 0.880. The highest BCUT2D eigenvalue weighted by atomic mass is 16.5. The summed E-state index contributed by atoms with van der Waals surface area (Å²) < 4.78 is 4.65. The van der Waals surface area contributed by atoms with E-state index < -0.39 is 23.6 Å². The van der Waals surface area contributed by atoms with Crippen molar-refractivity contribution in [2.45, 2.75) is 20.3 Å². The molecule has 0 spiro atoms. The molecule has 0 aromatic rings. The quantitative estimate of drug-likeness (QED) is 0.336. The largest absolute Gasteiger partial charge is 0.549 e. The number of Topliss-reactive ketones (excluding diaryl/α,β-unsaturated/α-hetero) is 1. The third-order valence-corrected chi connectivity index (χ3v) is 1.76. The van der Waals surface area contributed by atoms with E-state index in [1.807, 2.05) is 0 Å². The number of aliphatic carboxylic acids is 1. The zero-order valence-corrected chi connectivity index (χ0v) is 8.74. The molecule has 0 radical (unpaired) electrons. The van der Waals surface area contributed by atoms with E-state index in [0.29, 0.717) is 0 Å². The van der Waals surface area contributed by atoms with Crippen LogP contribution in [0.3, 0.4) is 0 Å². The van der Waals surface area contributed by atoms with Crippen LogP contribution in [0.2, 0.25) is 0 Å². The monoisotopic (exact) mass is 213 g/mol. The Labute approximate surface area is 87.7 Å². The molecule has 0 aromatic heterocycles. The van der Waals surface area contributed by atoms with Gasteiger partial charge in [-0.05, 0) is 20.3 Å². The summed E-state index contributed by atoms with van der Waals surface area (Å²) in [4.78, 5) is 32.2. The number of hydrogen-bond acceptors (Lipinski definition) is 5. The van der Waals surface area contributed by atoms with Gasteiger partial charge in [-0.2, -0.15) is 0 Å². The lowest BCUT2D eigenvalue weighted by molar-refractivity contribution is -0.310. The maximum atomic E-state index is 10.9. The number of carbonyl (C=O) groups is 3. The molecule has 15 heavy (non-hydrogen) atoms. The van der Waals surface area contributed by atoms with Crippen LogP contribution in [0.15, 0.2) is 12.2 Å². The van der Waals surface area contributed by atoms with E-state index in [-0.39, 0.29) is 18.6 Å². The van der Waals surface area contributed by atoms with Crippen LogP contribution in [0.25, 0.3) is 0 Å². The minimum absolute atomic E-state index is 0.0727. The number of hydrogen-bond donors (Lipinski definition) is 0. The minimum Gasteiger partial charge on any atom is -0.549 e. The number of rotatable bonds is 6. The second kappa shape index (κ2) is 5.95. The van der Waals surface area contributed by atoms with Crippen LogP contribution >= 0.6 is 0 Å². The maximum absolute atomic E-state index is 10.9. The molecule has 0 saturated carbocycles. The van der Waals surface area contributed by atoms with Gasteiger partial charge >= 0.3 is 5.97 Å². The first-order chi connectivity index (χ1) is 6.86. The lowest BCUT2D eigenvalue weighted by atomic mass is 10.0. The molecule has 1 atom stereocenters. The Hall–Kier alpha value is -1.65. The number of carbonyl (C=O) groups excluding carboxylic acids is 3. The van der Waals surface area contributed by atoms with Crippen molar-refractivity contribution in [1.29, 1.82) is 0 Å². The average Bonchev–Trinajstić information content (AvgIpc) is 2.10. The van der Waals surface area contributed by atoms with Crippen LogP contribution in [0.5, 0.6) is 0 Å². The van der Waals surface area contributed by atoms with Crippen LogP contribution in [-0.4, -0.2) is 24.3 Å². The molecule has 0 heterocycles. The lowest BCUT2D eigenvalue weighted by Gasteiger charge is -2.14. The van der Waals surface area contributed by atoms with Crippen molar-refractivity contribution < 1.29 is 24.2 Å². The van der Waals surface area contributed by atoms with E-state index in [1.54, 1.807) is 0 Å². The van der Waals surface area contributed by atoms with Crippen molar-refractivity contribution in [2.75, 3.05) is 6.61 Å². The van der Waals surface area contributed by atoms with Crippen molar-refractivity contribution in [1.82, 2.24) is 0 Å². The van der Waals surface area contributed by atoms with Gasteiger partial charge in [0.15, 0.2) is 0 Å². The summed E-state index contributed by atoms with van der Waals surface area (Å²) in [5, 5.41) is 10.5. The van der Waals surface area contributed by atoms with Crippen molar-refractivity contribution in [3.05, 3.63) is 12.2 Å². The molecular weight excluding hydrogens is 200 g/mol. The molecule has 0 bridgehead atoms. The predicted molar refractivity (Wildman–Crippen MR) is 49.6 cm³/mol. The summed E-state index contributed by atoms with van der Waals surface area (Å²) in [5.74, 6) is -3.78. The number of ketones is 1. The number of carboxylic acids is 1. The molecule has 0 aliphatic rings. The second-order valence-corrected chi connectivity index (χ2v) is 3.19. The second-order valence-electron chi connectivity index (χ2n) is 3.19. The highest BCUT2D eigenvalue weighted by Gasteiger charge is 2.16. The van der Waals surface area contributed by atoms with Gasteiger partial charge in [-0.1, -0.05) is 6.58 Å². The van der Waals surface area contributed by atoms with Crippen LogP contribution in [-0.2, 0) is 19.1 Å². The number of esters is 1. The van der Waals surface area contributed by atoms with E-state index in [2.05, 4.69) is 11.3 Å². The van der Waals surface area contributed by atoms with E-state index in [1.165, 1.54) is 6.92 Å². The van der Waals surface area contributed by atoms with Gasteiger partial charge in [0.2, 0.25) is 0 Å². The topological polar surface area (TPSA) is 83.5 Å². The molecular formula is C10H13O5-. The Morgan fingerprint density at radius 1 is 1.33 bits per heavy atom. The lowest BCUT2D eigenvalue weighted by Crippen LogP contribution is -2.36. The fraction of sp³-hybridized carbons (Fsp3) is 0.500. The fourth-order valence-corrected chi connectivity index (χ4v) is 0.880. The van der Waals surface area contributed by atoms with Crippen molar-refractivity contribution >= 4 is 17.7 Å². The van der Waals surface area contributed by atoms with Gasteiger partial charge in [0.25, 0.3) is 0 Å². The van der Waals surface area contributed by atoms with Crippen molar-refractivity contribution in [3.63, 3.8) is 0 Å². The molecule has 0 amide bonds. The smallest absolute Gasteiger partial charge is 0.333 e. The highest BCUT2D eigenvalue weighted by molar-refractivity contribution is 5.96. The average molecular weight is 213 g/mol. The first-order valence-corrected chi connectivity index (χ1v) is 4.40. The van der Waals surface area contributed by atoms with Crippen LogP contribution in [0, 0.1) is 5.92 Å². The van der Waals surface area contributed by atoms with Crippen LogP contribution in [0.1, 0.15) is 20.3 Å². The zero-order chi connectivity index (χ0) is 12.0. The zero-order valence-electron chi connectivity index (χ0n) is 8.74. The van der Waals surface area contributed by atoms with Gasteiger partial charge in [0, 0.05) is 5.57 Å². The molecule has 0 saturated heterocycles. The van der Waals surface area contributed by atoms with Crippen LogP contribution in [0.4, 0.5) is 0 Å². The van der Waals surface area contributed by atoms with E-state index in [0.717, 1.165) is 6.92 Å². The normalized spacial score (nSPS) is 11.6. The van der Waals surface area contributed by atoms with Crippen LogP contribution < -0.4 is 5.11 Å². The Bertz CT molecular complexity index is 278. The molecule has 5 heteroatoms. The van der Waals surface area contributed by atoms with Gasteiger partial charge < -0.3 is 14.6 Å². The molecule has 0 aliphatic carbocycles. The van der Waals surface area contributed by atoms with E-state index in [4.69, 9.17) is 0 Å². The number of carboxylic acid groups (broad SMARTS) is 1. The third kappa shape index (κ3) is 4.95. The van der Waals surface area contributed by atoms with E-state index >= 15 is 0 Å². The maximum Gasteiger partial charge on any atom is 0.333 e. The Morgan fingerprint density at radius 2 is 1.87 bits per heavy atom. The summed E-state index contributed by atoms with van der Waals surface area (Å²) in [6, 6.07) is 0. The standard InChI is InChI=1S/C10H14O5/c1-6(2)10(14)15-5-4-8(7(3)11)9(12)13/h8H,1,4-5H2,2-3H3,(H,12,13)/p-1/t8-/m1/s1. The molecule has 0 rings (SSSR count). The molecule has 0 N–H and O–H groups in total. The molecule has 5 nitrogen and oxygen atoms in total. The predicted octanol–water partition coefficient (Wildman–Crippen LogP) is -0.549. The molecule has 0 aliphatic heterocycles. The Balaban J connectivity index is 4.03. The first kappa shape index (κ1) is 13.4. The SMILES string of the molecule is C=C(C)C(=O)OCC[C@H](C(C)=O)C(=O)[O-]. The Morgan fingerprint density at radius 3 is 2.20 bits per heavy atom. The van der Waals surface area contributed by atoms with Gasteiger partial charge in [0.1, 0.15) is 5.78 Å². The van der Waals surface area contributed by atoms with Crippen molar-refractivity contribution in [3.8, 4) is 0 Å². The molecule has 0 unspecified atom stereocenters. The molecule has 84 valence electrons. The van der Waals surface area contributed by atoms with Gasteiger partial charge in [-0.25, -0.2) is 4.79 Å². The molecule has 0 fully saturated rings. The summed E-state index contributed by atoms with van der Waals surface area (Å²) >= 11 is 0. The van der Waals surface area contributed by atoms with Gasteiger partial charge in [0.05, 0.1) is 18.5 Å². The first-order valence-electron chi connectivity index (χ1n) is 4.40. The highest BCUT2D eigenvalue weighted by Crippen LogP contribution is 2.04. The third-order valence-electron chi connectivity index (χ3n) is 1.76. The minimum atomic E-state index is -1.45. The summed E-state index contributed by atoms with van der Waals surface area (Å²) in [5.41, 5.74) is 0.225. The van der Waals surface area contributed by atoms with Gasteiger partial charge in [-0.15, -0.1) is 0 Å². The van der Waals surface area contributed by atoms with E-state index in [9.17, 15) is 19.5 Å². The summed E-state index contributed by atoms with van der Waals surface area (Å²) in [6.45, 7) is 5.85. The Kier molecular flexibility index (Phi) is 5.30. The molecule has 0 aromatic carbocycles. The van der Waals surface area contributed by atoms with Crippen molar-refractivity contribution in [2.24, 2.45) is 5.92 Å². The number of ether oxygens (including phenoxy) is 1. The van der Waals surface area contributed by atoms with Gasteiger partial charge in [-0.3, -0.25) is 4.79 Å². The summed E-state index contributed by atoms with van der Waals surface area (Å²) in [7, 11) is 0.